The number of nitrogens with zero attached hydrogens (tertiary/aromatic N) is 1. The van der Waals surface area contributed by atoms with Gasteiger partial charge in [-0.15, -0.1) is 0 Å². The van der Waals surface area contributed by atoms with Crippen LogP contribution in [-0.2, 0) is 23.5 Å². The number of β-lactam (4-membered cyclic amide) rings is 1. The number of rotatable bonds is 12. The van der Waals surface area contributed by atoms with E-state index in [4.69, 9.17) is 13.9 Å². The lowest BCUT2D eigenvalue weighted by molar-refractivity contribution is -0.143. The van der Waals surface area contributed by atoms with Gasteiger partial charge in [0, 0.05) is 17.7 Å². The minimum absolute atomic E-state index is 0.0138. The van der Waals surface area contributed by atoms with Crippen LogP contribution in [-0.4, -0.2) is 86.8 Å². The van der Waals surface area contributed by atoms with Crippen molar-refractivity contribution in [1.82, 2.24) is 10.2 Å². The number of halogens is 1. The summed E-state index contributed by atoms with van der Waals surface area (Å²) in [6.45, 7) is 18.0. The summed E-state index contributed by atoms with van der Waals surface area (Å²) in [5.74, 6) is -0.876. The monoisotopic (exact) mass is 546 g/mol. The Morgan fingerprint density at radius 1 is 1.33 bits per heavy atom. The van der Waals surface area contributed by atoms with Crippen molar-refractivity contribution in [2.24, 2.45) is 11.8 Å². The van der Waals surface area contributed by atoms with E-state index in [9.17, 15) is 18.8 Å². The maximum absolute atomic E-state index is 13.2. The second kappa shape index (κ2) is 12.9. The third kappa shape index (κ3) is 7.55. The van der Waals surface area contributed by atoms with E-state index < -0.39 is 27.0 Å². The highest BCUT2D eigenvalue weighted by Gasteiger charge is 2.51. The molecule has 11 heteroatoms. The number of hydrogen-bond acceptors (Lipinski definition) is 7. The van der Waals surface area contributed by atoms with E-state index in [-0.39, 0.29) is 65.2 Å². The molecule has 0 aromatic carbocycles. The Bertz CT molecular complexity index is 808. The number of ether oxygens (including phenoxy) is 2. The molecule has 0 radical (unpaired) electrons. The largest absolute Gasteiger partial charge is 0.445 e. The summed E-state index contributed by atoms with van der Waals surface area (Å²) in [4.78, 5) is 39.7. The van der Waals surface area contributed by atoms with Crippen molar-refractivity contribution >= 4 is 37.2 Å². The second-order valence-corrected chi connectivity index (χ2v) is 17.2. The van der Waals surface area contributed by atoms with Gasteiger partial charge in [-0.1, -0.05) is 52.1 Å². The van der Waals surface area contributed by atoms with Crippen LogP contribution in [0.25, 0.3) is 0 Å². The molecule has 2 rings (SSSR count). The molecule has 2 heterocycles. The quantitative estimate of drug-likeness (QED) is 0.170. The molecule has 0 aliphatic carbocycles. The molecule has 0 unspecified atom stereocenters. The van der Waals surface area contributed by atoms with Crippen LogP contribution in [0, 0.1) is 11.8 Å². The number of amides is 2. The lowest BCUT2D eigenvalue weighted by Crippen LogP contribution is -2.66. The first-order valence-electron chi connectivity index (χ1n) is 12.6. The first-order chi connectivity index (χ1) is 16.7. The highest BCUT2D eigenvalue weighted by Crippen LogP contribution is 2.40. The summed E-state index contributed by atoms with van der Waals surface area (Å²) >= 11 is 1.19. The fourth-order valence-electron chi connectivity index (χ4n) is 4.32. The molecule has 0 aromatic heterocycles. The smallest absolute Gasteiger partial charge is 0.410 e. The van der Waals surface area contributed by atoms with E-state index in [0.29, 0.717) is 13.0 Å². The zero-order valence-corrected chi connectivity index (χ0v) is 24.5. The van der Waals surface area contributed by atoms with E-state index in [2.05, 4.69) is 45.8 Å². The zero-order valence-electron chi connectivity index (χ0n) is 22.7. The predicted molar refractivity (Wildman–Crippen MR) is 142 cm³/mol. The molecule has 8 nitrogen and oxygen atoms in total. The molecule has 36 heavy (non-hydrogen) atoms. The number of carbonyl (C=O) groups is 3. The average Bonchev–Trinajstić information content (AvgIpc) is 3.16. The predicted octanol–water partition coefficient (Wildman–Crippen LogP) is 4.16. The molecule has 2 amide bonds. The number of nitrogens with one attached hydrogen (secondary N) is 1. The van der Waals surface area contributed by atoms with Crippen molar-refractivity contribution in [1.29, 1.82) is 0 Å². The Hall–Kier alpha value is -1.43. The van der Waals surface area contributed by atoms with Crippen LogP contribution in [0.3, 0.4) is 0 Å². The maximum atomic E-state index is 13.2. The lowest BCUT2D eigenvalue weighted by atomic mass is 9.79. The van der Waals surface area contributed by atoms with Gasteiger partial charge >= 0.3 is 6.09 Å². The van der Waals surface area contributed by atoms with E-state index in [0.717, 1.165) is 0 Å². The molecule has 2 aliphatic rings. The Kier molecular flexibility index (Phi) is 11.0. The van der Waals surface area contributed by atoms with Gasteiger partial charge < -0.3 is 24.1 Å². The zero-order chi connectivity index (χ0) is 27.3. The van der Waals surface area contributed by atoms with Gasteiger partial charge in [0.05, 0.1) is 37.3 Å². The number of thioether (sulfide) groups is 1. The summed E-state index contributed by atoms with van der Waals surface area (Å²) in [7, 11) is -2.07. The summed E-state index contributed by atoms with van der Waals surface area (Å²) in [5, 5.41) is 2.73. The van der Waals surface area contributed by atoms with E-state index in [1.807, 2.05) is 13.8 Å². The Balaban J connectivity index is 2.00. The van der Waals surface area contributed by atoms with Crippen LogP contribution in [0.2, 0.25) is 18.1 Å². The molecule has 2 fully saturated rings. The number of hydrogen-bond donors (Lipinski definition) is 1. The van der Waals surface area contributed by atoms with Gasteiger partial charge in [-0.05, 0) is 31.5 Å². The summed E-state index contributed by atoms with van der Waals surface area (Å²) < 4.78 is 29.5. The molecule has 0 bridgehead atoms. The third-order valence-corrected chi connectivity index (χ3v) is 13.3. The first kappa shape index (κ1) is 30.8. The first-order valence-corrected chi connectivity index (χ1v) is 16.4. The van der Waals surface area contributed by atoms with Crippen molar-refractivity contribution in [3.63, 3.8) is 0 Å². The minimum Gasteiger partial charge on any atom is -0.445 e. The molecular weight excluding hydrogens is 503 g/mol. The van der Waals surface area contributed by atoms with Crippen molar-refractivity contribution in [2.45, 2.75) is 82.6 Å². The van der Waals surface area contributed by atoms with E-state index in [1.165, 1.54) is 17.8 Å². The van der Waals surface area contributed by atoms with Gasteiger partial charge in [-0.2, -0.15) is 0 Å². The molecule has 6 atom stereocenters. The molecular formula is C25H43FN2O6SSi. The van der Waals surface area contributed by atoms with Gasteiger partial charge in [0.15, 0.2) is 13.4 Å². The van der Waals surface area contributed by atoms with Gasteiger partial charge in [0.1, 0.15) is 13.3 Å². The van der Waals surface area contributed by atoms with Crippen LogP contribution < -0.4 is 5.32 Å². The van der Waals surface area contributed by atoms with Gasteiger partial charge in [-0.25, -0.2) is 9.18 Å². The fourth-order valence-corrected chi connectivity index (χ4v) is 6.99. The van der Waals surface area contributed by atoms with Gasteiger partial charge in [0.2, 0.25) is 5.91 Å². The highest BCUT2D eigenvalue weighted by molar-refractivity contribution is 8.14. The standard InChI is InChI=1S/C25H43FN2O6SSi/c1-9-11-33-24(31)28-14-19(13-18(28)15-32-12-10-26)35-23(30)16(2)21-20(22(29)27-21)17(3)34-36(7,8)25(4,5)6/h9,16-21H,1,10-15H2,2-8H3,(H,27,29)/t16-,17-,18+,19+,20-,21-/m1/s1. The second-order valence-electron chi connectivity index (χ2n) is 11.2. The number of alkyl halides is 1. The van der Waals surface area contributed by atoms with Crippen molar-refractivity contribution in [3.05, 3.63) is 12.7 Å². The van der Waals surface area contributed by atoms with Gasteiger partial charge in [0.25, 0.3) is 0 Å². The summed E-state index contributed by atoms with van der Waals surface area (Å²) in [6, 6.07) is -0.598. The number of likely N-dealkylation sites (tertiary alicyclic amines) is 1. The Morgan fingerprint density at radius 2 is 2.00 bits per heavy atom. The van der Waals surface area contributed by atoms with Crippen LogP contribution in [0.15, 0.2) is 12.7 Å². The molecule has 1 N–H and O–H groups in total. The molecule has 0 aromatic rings. The number of carbonyl (C=O) groups excluding carboxylic acids is 3. The van der Waals surface area contributed by atoms with Crippen LogP contribution in [0.1, 0.15) is 41.0 Å². The normalized spacial score (nSPS) is 26.1. The third-order valence-electron chi connectivity index (χ3n) is 7.45. The van der Waals surface area contributed by atoms with Gasteiger partial charge in [-0.3, -0.25) is 9.59 Å². The Labute approximate surface area is 220 Å². The molecule has 2 aliphatic heterocycles. The average molecular weight is 547 g/mol. The minimum atomic E-state index is -2.07. The Morgan fingerprint density at radius 3 is 2.56 bits per heavy atom. The summed E-state index contributed by atoms with van der Waals surface area (Å²) in [6.07, 6.45) is 1.22. The highest BCUT2D eigenvalue weighted by atomic mass is 32.2. The van der Waals surface area contributed by atoms with Crippen LogP contribution >= 0.6 is 11.8 Å². The lowest BCUT2D eigenvalue weighted by Gasteiger charge is -2.46. The SMILES string of the molecule is C=CCOC(=O)N1C[C@@H](SC(=O)[C@H](C)[C@H]2NC(=O)[C@@H]2[C@@H](C)O[Si](C)(C)C(C)(C)C)C[C@H]1COCCF. The van der Waals surface area contributed by atoms with Crippen LogP contribution in [0.5, 0.6) is 0 Å². The molecule has 2 saturated heterocycles. The maximum Gasteiger partial charge on any atom is 0.410 e. The van der Waals surface area contributed by atoms with E-state index >= 15 is 0 Å². The van der Waals surface area contributed by atoms with Crippen molar-refractivity contribution in [2.75, 3.05) is 33.0 Å². The van der Waals surface area contributed by atoms with Crippen molar-refractivity contribution < 1.29 is 32.7 Å². The molecule has 206 valence electrons. The topological polar surface area (TPSA) is 94.2 Å². The van der Waals surface area contributed by atoms with Crippen LogP contribution in [0.4, 0.5) is 9.18 Å². The van der Waals surface area contributed by atoms with Crippen molar-refractivity contribution in [3.8, 4) is 0 Å². The van der Waals surface area contributed by atoms with E-state index in [1.54, 1.807) is 4.90 Å². The fraction of sp³-hybridized carbons (Fsp3) is 0.800. The summed E-state index contributed by atoms with van der Waals surface area (Å²) in [5.41, 5.74) is 0. The molecule has 0 spiro atoms. The molecule has 0 saturated carbocycles.